The van der Waals surface area contributed by atoms with E-state index in [4.69, 9.17) is 0 Å². The van der Waals surface area contributed by atoms with E-state index in [1.165, 1.54) is 0 Å². The number of nitrogens with zero attached hydrogens (tertiary/aromatic N) is 2. The number of H-pyrrole nitrogens is 1. The lowest BCUT2D eigenvalue weighted by Gasteiger charge is -2.11. The van der Waals surface area contributed by atoms with E-state index in [1.54, 1.807) is 10.9 Å². The first-order valence-electron chi connectivity index (χ1n) is 8.42. The number of hydrogen-bond acceptors (Lipinski definition) is 3. The predicted octanol–water partition coefficient (Wildman–Crippen LogP) is 2.63. The molecule has 0 aliphatic carbocycles. The van der Waals surface area contributed by atoms with Crippen LogP contribution >= 0.6 is 0 Å². The molecule has 2 heterocycles. The Morgan fingerprint density at radius 3 is 2.58 bits per heavy atom. The van der Waals surface area contributed by atoms with Crippen LogP contribution in [0.1, 0.15) is 32.7 Å². The Labute approximate surface area is 151 Å². The maximum Gasteiger partial charge on any atom is 0.253 e. The largest absolute Gasteiger partial charge is 0.348 e. The Hall–Kier alpha value is -3.15. The summed E-state index contributed by atoms with van der Waals surface area (Å²) in [5.74, 6) is -0.201. The fraction of sp³-hybridized carbons (Fsp3) is 0.250. The number of rotatable bonds is 4. The van der Waals surface area contributed by atoms with Crippen LogP contribution in [0.15, 0.2) is 41.5 Å². The Balaban J connectivity index is 1.83. The Morgan fingerprint density at radius 1 is 1.15 bits per heavy atom. The summed E-state index contributed by atoms with van der Waals surface area (Å²) in [6.45, 7) is 5.80. The maximum absolute atomic E-state index is 12.7. The molecule has 3 aromatic rings. The van der Waals surface area contributed by atoms with Crippen LogP contribution in [-0.2, 0) is 13.6 Å². The van der Waals surface area contributed by atoms with Crippen LogP contribution in [0.25, 0.3) is 11.1 Å². The average molecular weight is 350 g/mol. The number of amides is 1. The summed E-state index contributed by atoms with van der Waals surface area (Å²) in [6.07, 6.45) is 3.67. The molecule has 0 aliphatic heterocycles. The van der Waals surface area contributed by atoms with Crippen molar-refractivity contribution < 1.29 is 4.79 Å². The highest BCUT2D eigenvalue weighted by Crippen LogP contribution is 2.22. The fourth-order valence-corrected chi connectivity index (χ4v) is 2.98. The second kappa shape index (κ2) is 7.00. The van der Waals surface area contributed by atoms with Crippen molar-refractivity contribution in [3.8, 4) is 11.1 Å². The highest BCUT2D eigenvalue weighted by Gasteiger charge is 2.13. The normalized spacial score (nSPS) is 10.8. The third-order valence-electron chi connectivity index (χ3n) is 4.44. The van der Waals surface area contributed by atoms with Crippen LogP contribution in [0.3, 0.4) is 0 Å². The molecule has 6 nitrogen and oxygen atoms in total. The zero-order chi connectivity index (χ0) is 18.8. The molecular weight excluding hydrogens is 328 g/mol. The summed E-state index contributed by atoms with van der Waals surface area (Å²) >= 11 is 0. The molecule has 0 spiro atoms. The van der Waals surface area contributed by atoms with Gasteiger partial charge in [0, 0.05) is 42.2 Å². The third-order valence-corrected chi connectivity index (χ3v) is 4.44. The van der Waals surface area contributed by atoms with E-state index in [-0.39, 0.29) is 18.0 Å². The topological polar surface area (TPSA) is 79.8 Å². The van der Waals surface area contributed by atoms with Crippen molar-refractivity contribution in [2.24, 2.45) is 7.05 Å². The van der Waals surface area contributed by atoms with Gasteiger partial charge in [0.25, 0.3) is 11.5 Å². The van der Waals surface area contributed by atoms with Crippen LogP contribution in [0.2, 0.25) is 0 Å². The second-order valence-electron chi connectivity index (χ2n) is 6.56. The van der Waals surface area contributed by atoms with Gasteiger partial charge < -0.3 is 10.3 Å². The molecule has 0 aliphatic rings. The van der Waals surface area contributed by atoms with E-state index < -0.39 is 0 Å². The van der Waals surface area contributed by atoms with Gasteiger partial charge in [-0.2, -0.15) is 5.10 Å². The zero-order valence-corrected chi connectivity index (χ0v) is 15.4. The molecule has 0 fully saturated rings. The summed E-state index contributed by atoms with van der Waals surface area (Å²) in [5.41, 5.74) is 5.44. The van der Waals surface area contributed by atoms with E-state index in [9.17, 15) is 9.59 Å². The monoisotopic (exact) mass is 350 g/mol. The van der Waals surface area contributed by atoms with Crippen LogP contribution in [0.4, 0.5) is 0 Å². The quantitative estimate of drug-likeness (QED) is 0.759. The Bertz CT molecular complexity index is 1030. The van der Waals surface area contributed by atoms with Gasteiger partial charge in [0.05, 0.1) is 6.20 Å². The number of aromatic amines is 1. The molecule has 1 amide bonds. The summed E-state index contributed by atoms with van der Waals surface area (Å²) < 4.78 is 1.72. The molecule has 6 heteroatoms. The van der Waals surface area contributed by atoms with Crippen molar-refractivity contribution in [2.45, 2.75) is 27.3 Å². The number of benzene rings is 1. The number of hydrogen-bond donors (Lipinski definition) is 2. The molecule has 0 radical (unpaired) electrons. The summed E-state index contributed by atoms with van der Waals surface area (Å²) in [4.78, 5) is 27.5. The van der Waals surface area contributed by atoms with Gasteiger partial charge in [-0.1, -0.05) is 12.1 Å². The number of aromatic nitrogens is 3. The van der Waals surface area contributed by atoms with E-state index in [0.717, 1.165) is 27.9 Å². The number of pyridine rings is 1. The molecule has 0 saturated carbocycles. The Morgan fingerprint density at radius 2 is 1.92 bits per heavy atom. The van der Waals surface area contributed by atoms with Crippen molar-refractivity contribution in [3.05, 3.63) is 75.0 Å². The van der Waals surface area contributed by atoms with E-state index in [1.807, 2.05) is 58.3 Å². The van der Waals surface area contributed by atoms with Gasteiger partial charge in [-0.25, -0.2) is 0 Å². The molecule has 1 aromatic carbocycles. The summed E-state index contributed by atoms with van der Waals surface area (Å²) in [5, 5.41) is 7.03. The molecule has 2 N–H and O–H groups in total. The molecule has 3 rings (SSSR count). The lowest BCUT2D eigenvalue weighted by atomic mass is 10.0. The standard InChI is InChI=1S/C20H22N4O2/c1-12-5-6-15(16-9-22-24(4)11-16)8-17(12)19(25)21-10-18-13(2)7-14(3)23-20(18)26/h5-9,11H,10H2,1-4H3,(H,21,25)(H,23,26). The number of nitrogens with one attached hydrogen (secondary N) is 2. The highest BCUT2D eigenvalue weighted by atomic mass is 16.1. The van der Waals surface area contributed by atoms with E-state index in [0.29, 0.717) is 11.1 Å². The zero-order valence-electron chi connectivity index (χ0n) is 15.4. The Kier molecular flexibility index (Phi) is 4.75. The van der Waals surface area contributed by atoms with Gasteiger partial charge in [-0.05, 0) is 49.6 Å². The lowest BCUT2D eigenvalue weighted by molar-refractivity contribution is 0.0950. The second-order valence-corrected chi connectivity index (χ2v) is 6.56. The minimum atomic E-state index is -0.201. The molecule has 0 unspecified atom stereocenters. The molecule has 0 bridgehead atoms. The number of carbonyl (C=O) groups excluding carboxylic acids is 1. The molecule has 0 atom stereocenters. The number of carbonyl (C=O) groups is 1. The van der Waals surface area contributed by atoms with Crippen LogP contribution < -0.4 is 10.9 Å². The minimum absolute atomic E-state index is 0.163. The van der Waals surface area contributed by atoms with E-state index >= 15 is 0 Å². The van der Waals surface area contributed by atoms with Gasteiger partial charge >= 0.3 is 0 Å². The van der Waals surface area contributed by atoms with Crippen LogP contribution in [-0.4, -0.2) is 20.7 Å². The maximum atomic E-state index is 12.7. The predicted molar refractivity (Wildman–Crippen MR) is 101 cm³/mol. The van der Waals surface area contributed by atoms with Crippen LogP contribution in [0, 0.1) is 20.8 Å². The average Bonchev–Trinajstić information content (AvgIpc) is 3.00. The molecular formula is C20H22N4O2. The molecule has 26 heavy (non-hydrogen) atoms. The molecule has 2 aromatic heterocycles. The molecule has 0 saturated heterocycles. The van der Waals surface area contributed by atoms with E-state index in [2.05, 4.69) is 15.4 Å². The van der Waals surface area contributed by atoms with Crippen molar-refractivity contribution in [1.82, 2.24) is 20.1 Å². The van der Waals surface area contributed by atoms with Gasteiger partial charge in [-0.3, -0.25) is 14.3 Å². The van der Waals surface area contributed by atoms with Crippen molar-refractivity contribution in [2.75, 3.05) is 0 Å². The highest BCUT2D eigenvalue weighted by molar-refractivity contribution is 5.96. The van der Waals surface area contributed by atoms with Crippen molar-refractivity contribution in [1.29, 1.82) is 0 Å². The van der Waals surface area contributed by atoms with Gasteiger partial charge in [0.15, 0.2) is 0 Å². The first-order valence-corrected chi connectivity index (χ1v) is 8.42. The number of aryl methyl sites for hydroxylation is 4. The van der Waals surface area contributed by atoms with Crippen molar-refractivity contribution >= 4 is 5.91 Å². The van der Waals surface area contributed by atoms with Gasteiger partial charge in [0.1, 0.15) is 0 Å². The first-order chi connectivity index (χ1) is 12.3. The van der Waals surface area contributed by atoms with Crippen LogP contribution in [0.5, 0.6) is 0 Å². The van der Waals surface area contributed by atoms with Crippen molar-refractivity contribution in [3.63, 3.8) is 0 Å². The third kappa shape index (κ3) is 3.59. The van der Waals surface area contributed by atoms with Gasteiger partial charge in [0.2, 0.25) is 0 Å². The van der Waals surface area contributed by atoms with Gasteiger partial charge in [-0.15, -0.1) is 0 Å². The summed E-state index contributed by atoms with van der Waals surface area (Å²) in [7, 11) is 1.85. The minimum Gasteiger partial charge on any atom is -0.348 e. The fourth-order valence-electron chi connectivity index (χ4n) is 2.98. The first kappa shape index (κ1) is 17.7. The summed E-state index contributed by atoms with van der Waals surface area (Å²) in [6, 6.07) is 7.64. The molecule has 134 valence electrons. The SMILES string of the molecule is Cc1cc(C)c(CNC(=O)c2cc(-c3cnn(C)c3)ccc2C)c(=O)[nH]1. The lowest BCUT2D eigenvalue weighted by Crippen LogP contribution is -2.28. The smallest absolute Gasteiger partial charge is 0.253 e.